The van der Waals surface area contributed by atoms with Crippen molar-refractivity contribution in [2.45, 2.75) is 116 Å². The number of para-hydroxylation sites is 2. The normalized spacial score (nSPS) is 16.5. The Labute approximate surface area is 387 Å². The second kappa shape index (κ2) is 21.6. The van der Waals surface area contributed by atoms with Gasteiger partial charge in [0, 0.05) is 54.4 Å². The number of benzene rings is 4. The van der Waals surface area contributed by atoms with Gasteiger partial charge >= 0.3 is 0 Å². The molecule has 0 amide bonds. The summed E-state index contributed by atoms with van der Waals surface area (Å²) >= 11 is 0. The van der Waals surface area contributed by atoms with E-state index in [2.05, 4.69) is 193 Å². The van der Waals surface area contributed by atoms with E-state index in [1.54, 1.807) is 0 Å². The minimum Gasteiger partial charge on any atom is -0.681 e. The van der Waals surface area contributed by atoms with Gasteiger partial charge in [0.15, 0.2) is 0 Å². The molecule has 4 atom stereocenters. The van der Waals surface area contributed by atoms with Crippen molar-refractivity contribution < 1.29 is 25.8 Å². The zero-order valence-corrected chi connectivity index (χ0v) is 41.7. The smallest absolute Gasteiger partial charge is 0.0755 e. The first-order chi connectivity index (χ1) is 27.8. The van der Waals surface area contributed by atoms with Crippen LogP contribution in [0.5, 0.6) is 0 Å². The van der Waals surface area contributed by atoms with Crippen molar-refractivity contribution in [2.75, 3.05) is 5.32 Å². The fraction of sp³-hybridized carbons (Fsp3) is 0.333. The topological polar surface area (TPSA) is 78.0 Å². The molecule has 6 aromatic rings. The van der Waals surface area contributed by atoms with Gasteiger partial charge in [-0.2, -0.15) is 0 Å². The summed E-state index contributed by atoms with van der Waals surface area (Å²) in [7, 11) is 0. The van der Waals surface area contributed by atoms with E-state index in [0.29, 0.717) is 12.1 Å². The molecule has 2 aliphatic heterocycles. The van der Waals surface area contributed by atoms with Crippen LogP contribution in [0.1, 0.15) is 114 Å². The summed E-state index contributed by atoms with van der Waals surface area (Å²) in [5.41, 5.74) is 13.6. The van der Waals surface area contributed by atoms with Crippen LogP contribution < -0.4 is 10.6 Å². The first kappa shape index (κ1) is 49.2. The van der Waals surface area contributed by atoms with Gasteiger partial charge in [-0.3, -0.25) is 9.97 Å². The van der Waals surface area contributed by atoms with E-state index in [0.717, 1.165) is 53.3 Å². The third-order valence-corrected chi connectivity index (χ3v) is 10.7. The quantitative estimate of drug-likeness (QED) is 0.118. The summed E-state index contributed by atoms with van der Waals surface area (Å²) in [6.07, 6.45) is 4.49. The fourth-order valence-corrected chi connectivity index (χ4v) is 7.94. The van der Waals surface area contributed by atoms with E-state index >= 15 is 0 Å². The molecule has 0 saturated heterocycles. The number of hydrogen-bond acceptors (Lipinski definition) is 4. The zero-order chi connectivity index (χ0) is 40.9. The standard InChI is InChI=1S/C26H31N3.C26H29N3.2CH3.Hf/c2*1-18-16-17-20-12-8-13-21(24(20)27-18)22-14-9-15-23(28-22)25(29-26(2,3)4)19-10-6-5-7-11-19;;;/h5-15,18,25,27,29H,16-17H2,1-4H3;5-15,18,25H,16-17H2,1-4H3;2*1H3;/q;-2;2*-1;. The van der Waals surface area contributed by atoms with Crippen molar-refractivity contribution in [3.8, 4) is 22.5 Å². The number of aryl methyl sites for hydroxylation is 2. The summed E-state index contributed by atoms with van der Waals surface area (Å²) in [4.78, 5) is 10.2. The Morgan fingerprint density at radius 1 is 0.623 bits per heavy atom. The number of anilines is 1. The van der Waals surface area contributed by atoms with E-state index in [9.17, 15) is 0 Å². The third-order valence-electron chi connectivity index (χ3n) is 10.7. The van der Waals surface area contributed by atoms with E-state index in [1.807, 2.05) is 6.07 Å². The van der Waals surface area contributed by atoms with Crippen LogP contribution in [-0.4, -0.2) is 33.1 Å². The molecule has 0 spiro atoms. The molecule has 4 aromatic carbocycles. The van der Waals surface area contributed by atoms with E-state index in [4.69, 9.17) is 20.6 Å². The van der Waals surface area contributed by atoms with Gasteiger partial charge in [0.05, 0.1) is 23.1 Å². The molecule has 2 aliphatic rings. The van der Waals surface area contributed by atoms with Crippen LogP contribution in [-0.2, 0) is 38.7 Å². The van der Waals surface area contributed by atoms with Gasteiger partial charge in [0.1, 0.15) is 0 Å². The maximum absolute atomic E-state index is 5.13. The molecule has 0 bridgehead atoms. The molecule has 8 rings (SSSR count). The monoisotopic (exact) mass is 978 g/mol. The van der Waals surface area contributed by atoms with E-state index in [1.165, 1.54) is 39.9 Å². The molecule has 2 aromatic heterocycles. The number of rotatable bonds is 8. The average Bonchev–Trinajstić information content (AvgIpc) is 3.22. The maximum atomic E-state index is 5.13. The minimum absolute atomic E-state index is 0. The molecule has 0 fully saturated rings. The van der Waals surface area contributed by atoms with Crippen molar-refractivity contribution in [1.29, 1.82) is 0 Å². The Balaban J connectivity index is 0.000000256. The van der Waals surface area contributed by atoms with Gasteiger partial charge in [0.2, 0.25) is 0 Å². The van der Waals surface area contributed by atoms with E-state index < -0.39 is 0 Å². The summed E-state index contributed by atoms with van der Waals surface area (Å²) < 4.78 is 0. The Hall–Kier alpha value is -4.43. The molecule has 320 valence electrons. The SMILES string of the molecule is CC1CCc2cccc(-c3cccc(C(NC(C)(C)C)c4ccccc4)n3)c2N1.CC1CCc2cccc(-c3cccc(C([N-]C(C)(C)C)c4ccccc4)n3)c2[N-]1.[CH3-].[CH3-].[Hf]. The second-order valence-corrected chi connectivity index (χ2v) is 18.0. The number of nitrogens with one attached hydrogen (secondary N) is 2. The van der Waals surface area contributed by atoms with Gasteiger partial charge in [-0.15, -0.1) is 17.3 Å². The summed E-state index contributed by atoms with van der Waals surface area (Å²) in [6, 6.07) is 47.5. The van der Waals surface area contributed by atoms with Crippen LogP contribution in [0.4, 0.5) is 11.4 Å². The van der Waals surface area contributed by atoms with Crippen molar-refractivity contribution >= 4 is 11.4 Å². The molecule has 4 heterocycles. The van der Waals surface area contributed by atoms with Crippen LogP contribution in [0.2, 0.25) is 0 Å². The maximum Gasteiger partial charge on any atom is 0.0755 e. The summed E-state index contributed by atoms with van der Waals surface area (Å²) in [5, 5.41) is 17.5. The second-order valence-electron chi connectivity index (χ2n) is 18.0. The zero-order valence-electron chi connectivity index (χ0n) is 38.1. The number of pyridine rings is 2. The predicted molar refractivity (Wildman–Crippen MR) is 257 cm³/mol. The Morgan fingerprint density at radius 3 is 1.80 bits per heavy atom. The summed E-state index contributed by atoms with van der Waals surface area (Å²) in [5.74, 6) is 0. The Kier molecular flexibility index (Phi) is 17.4. The van der Waals surface area contributed by atoms with Crippen molar-refractivity contribution in [2.24, 2.45) is 0 Å². The number of hydrogen-bond donors (Lipinski definition) is 2. The van der Waals surface area contributed by atoms with Crippen LogP contribution in [0.25, 0.3) is 33.1 Å². The van der Waals surface area contributed by atoms with Crippen LogP contribution in [0.3, 0.4) is 0 Å². The van der Waals surface area contributed by atoms with Gasteiger partial charge in [-0.05, 0) is 87.9 Å². The van der Waals surface area contributed by atoms with Crippen LogP contribution >= 0.6 is 0 Å². The number of fused-ring (bicyclic) bond motifs is 2. The van der Waals surface area contributed by atoms with Gasteiger partial charge in [0.25, 0.3) is 0 Å². The van der Waals surface area contributed by atoms with Crippen LogP contribution in [0.15, 0.2) is 133 Å². The third kappa shape index (κ3) is 12.8. The number of nitrogens with zero attached hydrogens (tertiary/aromatic N) is 4. The predicted octanol–water partition coefficient (Wildman–Crippen LogP) is 14.2. The van der Waals surface area contributed by atoms with Crippen molar-refractivity contribution in [3.63, 3.8) is 0 Å². The summed E-state index contributed by atoms with van der Waals surface area (Å²) in [6.45, 7) is 17.5. The molecule has 0 radical (unpaired) electrons. The minimum atomic E-state index is -0.158. The molecule has 4 unspecified atom stereocenters. The van der Waals surface area contributed by atoms with Gasteiger partial charge in [-0.25, -0.2) is 0 Å². The molecular weight excluding hydrogens is 911 g/mol. The number of aromatic nitrogens is 2. The molecule has 0 aliphatic carbocycles. The molecule has 2 N–H and O–H groups in total. The van der Waals surface area contributed by atoms with Gasteiger partial charge in [-0.1, -0.05) is 160 Å². The Bertz CT molecular complexity index is 2120. The fourth-order valence-electron chi connectivity index (χ4n) is 7.94. The average molecular weight is 978 g/mol. The van der Waals surface area contributed by atoms with Crippen molar-refractivity contribution in [3.05, 3.63) is 193 Å². The van der Waals surface area contributed by atoms with E-state index in [-0.39, 0.29) is 63.9 Å². The van der Waals surface area contributed by atoms with Crippen LogP contribution in [0, 0.1) is 14.9 Å². The molecule has 6 nitrogen and oxygen atoms in total. The molecule has 61 heavy (non-hydrogen) atoms. The van der Waals surface area contributed by atoms with Gasteiger partial charge < -0.3 is 36.1 Å². The first-order valence-corrected chi connectivity index (χ1v) is 21.1. The molecular formula is C54H66HfN6-4. The molecule has 7 heteroatoms. The Morgan fingerprint density at radius 2 is 1.16 bits per heavy atom. The first-order valence-electron chi connectivity index (χ1n) is 21.1. The molecule has 0 saturated carbocycles. The van der Waals surface area contributed by atoms with Crippen molar-refractivity contribution in [1.82, 2.24) is 15.3 Å². The largest absolute Gasteiger partial charge is 0.681 e.